The number of benzene rings is 1. The Morgan fingerprint density at radius 3 is 2.52 bits per heavy atom. The molecule has 1 saturated heterocycles. The van der Waals surface area contributed by atoms with E-state index in [0.29, 0.717) is 17.9 Å². The number of likely N-dealkylation sites (N-methyl/N-ethyl adjacent to an activating group) is 1. The van der Waals surface area contributed by atoms with Crippen molar-refractivity contribution in [3.05, 3.63) is 30.1 Å². The molecule has 0 unspecified atom stereocenters. The first-order valence-corrected chi connectivity index (χ1v) is 8.90. The Hall–Kier alpha value is -1.86. The topological polar surface area (TPSA) is 44.3 Å². The fraction of sp³-hybridized carbons (Fsp3) is 0.556. The summed E-state index contributed by atoms with van der Waals surface area (Å²) >= 11 is 0. The average molecular weight is 349 g/mol. The molecule has 0 saturated carbocycles. The highest BCUT2D eigenvalue weighted by Crippen LogP contribution is 2.24. The van der Waals surface area contributed by atoms with Crippen molar-refractivity contribution in [2.75, 3.05) is 51.1 Å². The van der Waals surface area contributed by atoms with Gasteiger partial charge in [-0.1, -0.05) is 19.1 Å². The summed E-state index contributed by atoms with van der Waals surface area (Å²) < 4.78 is 26.0. The predicted molar refractivity (Wildman–Crippen MR) is 96.2 cm³/mol. The van der Waals surface area contributed by atoms with E-state index in [1.165, 1.54) is 0 Å². The summed E-state index contributed by atoms with van der Waals surface area (Å²) in [6, 6.07) is 7.26. The Morgan fingerprint density at radius 1 is 1.08 bits per heavy atom. The minimum absolute atomic E-state index is 0.420. The third-order valence-electron chi connectivity index (χ3n) is 4.67. The molecule has 0 amide bonds. The summed E-state index contributed by atoms with van der Waals surface area (Å²) in [4.78, 5) is 12.9. The third kappa shape index (κ3) is 4.61. The van der Waals surface area contributed by atoms with E-state index in [1.54, 1.807) is 12.1 Å². The average Bonchev–Trinajstić information content (AvgIpc) is 2.65. The zero-order valence-electron chi connectivity index (χ0n) is 14.6. The number of nitrogens with one attached hydrogen (secondary N) is 1. The lowest BCUT2D eigenvalue weighted by Crippen LogP contribution is -2.46. The molecule has 0 bridgehead atoms. The van der Waals surface area contributed by atoms with Crippen molar-refractivity contribution in [1.82, 2.24) is 19.8 Å². The molecule has 0 spiro atoms. The molecule has 2 aromatic rings. The van der Waals surface area contributed by atoms with E-state index in [-0.39, 0.29) is 0 Å². The van der Waals surface area contributed by atoms with Crippen molar-refractivity contribution in [1.29, 1.82) is 0 Å². The smallest absolute Gasteiger partial charge is 0.297 e. The van der Waals surface area contributed by atoms with Gasteiger partial charge in [-0.25, -0.2) is 18.7 Å². The highest BCUT2D eigenvalue weighted by atomic mass is 19.3. The Morgan fingerprint density at radius 2 is 1.80 bits per heavy atom. The molecular weight excluding hydrogens is 324 g/mol. The van der Waals surface area contributed by atoms with E-state index in [1.807, 2.05) is 12.1 Å². The molecule has 2 heterocycles. The minimum atomic E-state index is -2.67. The first-order valence-electron chi connectivity index (χ1n) is 8.90. The first kappa shape index (κ1) is 17.9. The standard InChI is InChI=1S/C18H25F2N5/c1-2-24-10-12-25(13-11-24)9-5-8-21-17-14-6-3-4-7-15(14)22-18(23-17)16(19)20/h3-4,6-7,16H,2,5,8-13H2,1H3,(H,21,22,23). The molecule has 0 radical (unpaired) electrons. The third-order valence-corrected chi connectivity index (χ3v) is 4.67. The van der Waals surface area contributed by atoms with Gasteiger partial charge in [0.05, 0.1) is 5.52 Å². The number of hydrogen-bond donors (Lipinski definition) is 1. The van der Waals surface area contributed by atoms with Gasteiger partial charge in [-0.15, -0.1) is 0 Å². The summed E-state index contributed by atoms with van der Waals surface area (Å²) in [6.45, 7) is 9.46. The van der Waals surface area contributed by atoms with Crippen LogP contribution in [0, 0.1) is 0 Å². The van der Waals surface area contributed by atoms with Crippen LogP contribution in [-0.4, -0.2) is 65.6 Å². The fourth-order valence-electron chi connectivity index (χ4n) is 3.17. The summed E-state index contributed by atoms with van der Waals surface area (Å²) in [5, 5.41) is 4.00. The highest BCUT2D eigenvalue weighted by Gasteiger charge is 2.16. The maximum atomic E-state index is 13.0. The molecule has 1 N–H and O–H groups in total. The molecule has 1 aromatic carbocycles. The van der Waals surface area contributed by atoms with E-state index in [9.17, 15) is 8.78 Å². The van der Waals surface area contributed by atoms with Crippen molar-refractivity contribution >= 4 is 16.7 Å². The monoisotopic (exact) mass is 349 g/mol. The maximum absolute atomic E-state index is 13.0. The fourth-order valence-corrected chi connectivity index (χ4v) is 3.17. The molecular formula is C18H25F2N5. The zero-order chi connectivity index (χ0) is 17.6. The van der Waals surface area contributed by atoms with E-state index < -0.39 is 12.2 Å². The van der Waals surface area contributed by atoms with Gasteiger partial charge in [-0.05, 0) is 31.6 Å². The zero-order valence-corrected chi connectivity index (χ0v) is 14.6. The summed E-state index contributed by atoms with van der Waals surface area (Å²) in [7, 11) is 0. The normalized spacial score (nSPS) is 16.6. The second kappa shape index (κ2) is 8.49. The van der Waals surface area contributed by atoms with Crippen LogP contribution in [0.5, 0.6) is 0 Å². The Labute approximate surface area is 147 Å². The van der Waals surface area contributed by atoms with E-state index >= 15 is 0 Å². The Kier molecular flexibility index (Phi) is 6.09. The van der Waals surface area contributed by atoms with Crippen molar-refractivity contribution in [3.8, 4) is 0 Å². The number of rotatable bonds is 7. The molecule has 5 nitrogen and oxygen atoms in total. The van der Waals surface area contributed by atoms with Crippen LogP contribution in [-0.2, 0) is 0 Å². The number of nitrogens with zero attached hydrogens (tertiary/aromatic N) is 4. The largest absolute Gasteiger partial charge is 0.369 e. The highest BCUT2D eigenvalue weighted by molar-refractivity contribution is 5.88. The number of anilines is 1. The molecule has 1 fully saturated rings. The van der Waals surface area contributed by atoms with Gasteiger partial charge in [-0.3, -0.25) is 0 Å². The molecule has 1 aliphatic rings. The van der Waals surface area contributed by atoms with Gasteiger partial charge in [0.25, 0.3) is 6.43 Å². The van der Waals surface area contributed by atoms with E-state index in [2.05, 4.69) is 32.0 Å². The molecule has 136 valence electrons. The van der Waals surface area contributed by atoms with Crippen LogP contribution in [0.4, 0.5) is 14.6 Å². The van der Waals surface area contributed by atoms with Gasteiger partial charge in [0.2, 0.25) is 0 Å². The minimum Gasteiger partial charge on any atom is -0.369 e. The summed E-state index contributed by atoms with van der Waals surface area (Å²) in [5.74, 6) is 0.0774. The van der Waals surface area contributed by atoms with Crippen molar-refractivity contribution in [3.63, 3.8) is 0 Å². The number of alkyl halides is 2. The number of para-hydroxylation sites is 1. The Balaban J connectivity index is 1.56. The first-order chi connectivity index (χ1) is 12.2. The predicted octanol–water partition coefficient (Wildman–Crippen LogP) is 3.01. The summed E-state index contributed by atoms with van der Waals surface area (Å²) in [6.07, 6.45) is -1.71. The van der Waals surface area contributed by atoms with Gasteiger partial charge >= 0.3 is 0 Å². The molecule has 1 aromatic heterocycles. The summed E-state index contributed by atoms with van der Waals surface area (Å²) in [5.41, 5.74) is 0.547. The number of aromatic nitrogens is 2. The van der Waals surface area contributed by atoms with Crippen LogP contribution in [0.2, 0.25) is 0 Å². The quantitative estimate of drug-likeness (QED) is 0.779. The SMILES string of the molecule is CCN1CCN(CCCNc2nc(C(F)F)nc3ccccc23)CC1. The molecule has 7 heteroatoms. The van der Waals surface area contributed by atoms with Gasteiger partial charge in [0.1, 0.15) is 5.82 Å². The van der Waals surface area contributed by atoms with Gasteiger partial charge in [0.15, 0.2) is 5.82 Å². The van der Waals surface area contributed by atoms with Gasteiger partial charge in [-0.2, -0.15) is 0 Å². The second-order valence-corrected chi connectivity index (χ2v) is 6.30. The maximum Gasteiger partial charge on any atom is 0.297 e. The number of halogens is 2. The lowest BCUT2D eigenvalue weighted by molar-refractivity contribution is 0.137. The van der Waals surface area contributed by atoms with Crippen LogP contribution in [0.1, 0.15) is 25.6 Å². The van der Waals surface area contributed by atoms with Crippen molar-refractivity contribution < 1.29 is 8.78 Å². The van der Waals surface area contributed by atoms with Crippen LogP contribution in [0.25, 0.3) is 10.9 Å². The second-order valence-electron chi connectivity index (χ2n) is 6.30. The van der Waals surface area contributed by atoms with E-state index in [4.69, 9.17) is 0 Å². The molecule has 25 heavy (non-hydrogen) atoms. The van der Waals surface area contributed by atoms with Crippen LogP contribution < -0.4 is 5.32 Å². The van der Waals surface area contributed by atoms with Gasteiger partial charge < -0.3 is 15.1 Å². The number of hydrogen-bond acceptors (Lipinski definition) is 5. The lowest BCUT2D eigenvalue weighted by atomic mass is 10.2. The molecule has 3 rings (SSSR count). The van der Waals surface area contributed by atoms with Crippen LogP contribution in [0.3, 0.4) is 0 Å². The van der Waals surface area contributed by atoms with Crippen LogP contribution in [0.15, 0.2) is 24.3 Å². The lowest BCUT2D eigenvalue weighted by Gasteiger charge is -2.34. The number of fused-ring (bicyclic) bond motifs is 1. The number of piperazine rings is 1. The van der Waals surface area contributed by atoms with Crippen LogP contribution >= 0.6 is 0 Å². The molecule has 1 aliphatic heterocycles. The van der Waals surface area contributed by atoms with E-state index in [0.717, 1.165) is 51.1 Å². The Bertz CT molecular complexity index is 686. The van der Waals surface area contributed by atoms with Gasteiger partial charge in [0, 0.05) is 38.1 Å². The van der Waals surface area contributed by atoms with Crippen molar-refractivity contribution in [2.24, 2.45) is 0 Å². The molecule has 0 aliphatic carbocycles. The molecule has 0 atom stereocenters. The van der Waals surface area contributed by atoms with Crippen molar-refractivity contribution in [2.45, 2.75) is 19.8 Å².